The second kappa shape index (κ2) is 4.67. The molecule has 1 fully saturated rings. The first kappa shape index (κ1) is 12.4. The summed E-state index contributed by atoms with van der Waals surface area (Å²) in [6, 6.07) is 5.17. The highest BCUT2D eigenvalue weighted by molar-refractivity contribution is 6.36. The van der Waals surface area contributed by atoms with Crippen molar-refractivity contribution in [2.45, 2.75) is 19.3 Å². The third kappa shape index (κ3) is 2.31. The molecule has 0 spiro atoms. The Labute approximate surface area is 109 Å². The lowest BCUT2D eigenvalue weighted by molar-refractivity contribution is -0.136. The quantitative estimate of drug-likeness (QED) is 0.799. The van der Waals surface area contributed by atoms with E-state index in [9.17, 15) is 9.59 Å². The number of hydrogen-bond donors (Lipinski definition) is 1. The van der Waals surface area contributed by atoms with E-state index >= 15 is 0 Å². The highest BCUT2D eigenvalue weighted by Crippen LogP contribution is 2.39. The topological polar surface area (TPSA) is 46.2 Å². The third-order valence-corrected chi connectivity index (χ3v) is 3.71. The molecule has 2 amide bonds. The number of halogens is 2. The molecule has 0 saturated carbocycles. The van der Waals surface area contributed by atoms with Gasteiger partial charge in [0.05, 0.1) is 0 Å². The molecule has 1 aliphatic rings. The summed E-state index contributed by atoms with van der Waals surface area (Å²) < 4.78 is 0. The van der Waals surface area contributed by atoms with E-state index in [0.29, 0.717) is 15.6 Å². The zero-order valence-corrected chi connectivity index (χ0v) is 10.7. The zero-order chi connectivity index (χ0) is 12.6. The molecule has 0 bridgehead atoms. The van der Waals surface area contributed by atoms with Crippen LogP contribution < -0.4 is 5.32 Å². The van der Waals surface area contributed by atoms with Gasteiger partial charge in [0.15, 0.2) is 0 Å². The first-order valence-electron chi connectivity index (χ1n) is 5.28. The lowest BCUT2D eigenvalue weighted by Crippen LogP contribution is -2.43. The van der Waals surface area contributed by atoms with Crippen molar-refractivity contribution in [1.29, 1.82) is 0 Å². The summed E-state index contributed by atoms with van der Waals surface area (Å²) in [6.45, 7) is 1.77. The van der Waals surface area contributed by atoms with Crippen LogP contribution in [0.2, 0.25) is 10.0 Å². The van der Waals surface area contributed by atoms with Gasteiger partial charge in [0, 0.05) is 28.3 Å². The van der Waals surface area contributed by atoms with E-state index in [-0.39, 0.29) is 30.1 Å². The van der Waals surface area contributed by atoms with Crippen LogP contribution in [0.5, 0.6) is 0 Å². The lowest BCUT2D eigenvalue weighted by atomic mass is 9.81. The van der Waals surface area contributed by atoms with Crippen LogP contribution in [-0.4, -0.2) is 11.8 Å². The van der Waals surface area contributed by atoms with Gasteiger partial charge in [-0.2, -0.15) is 0 Å². The van der Waals surface area contributed by atoms with Gasteiger partial charge in [-0.1, -0.05) is 36.2 Å². The molecule has 2 atom stereocenters. The second-order valence-corrected chi connectivity index (χ2v) is 4.96. The van der Waals surface area contributed by atoms with Crippen LogP contribution in [0, 0.1) is 5.92 Å². The number of rotatable bonds is 1. The van der Waals surface area contributed by atoms with Crippen molar-refractivity contribution in [3.05, 3.63) is 33.8 Å². The predicted octanol–water partition coefficient (Wildman–Crippen LogP) is 2.76. The van der Waals surface area contributed by atoms with E-state index < -0.39 is 0 Å². The number of benzene rings is 1. The molecular formula is C12H11Cl2NO2. The van der Waals surface area contributed by atoms with Gasteiger partial charge in [0.2, 0.25) is 11.8 Å². The van der Waals surface area contributed by atoms with Gasteiger partial charge in [-0.05, 0) is 17.7 Å². The highest BCUT2D eigenvalue weighted by Gasteiger charge is 2.35. The maximum atomic E-state index is 11.6. The number of amides is 2. The van der Waals surface area contributed by atoms with Crippen molar-refractivity contribution >= 4 is 35.0 Å². The monoisotopic (exact) mass is 271 g/mol. The van der Waals surface area contributed by atoms with E-state index in [2.05, 4.69) is 5.32 Å². The molecular weight excluding hydrogens is 261 g/mol. The van der Waals surface area contributed by atoms with Gasteiger partial charge >= 0.3 is 0 Å². The van der Waals surface area contributed by atoms with Gasteiger partial charge in [-0.3, -0.25) is 14.9 Å². The molecule has 1 N–H and O–H groups in total. The average molecular weight is 272 g/mol. The standard InChI is InChI=1S/C12H11Cl2NO2/c1-6-7(5-10(16)15-12(6)17)11-8(13)3-2-4-9(11)14/h2-4,6-7H,5H2,1H3,(H,15,16,17). The fraction of sp³-hybridized carbons (Fsp3) is 0.333. The molecule has 1 saturated heterocycles. The number of hydrogen-bond acceptors (Lipinski definition) is 2. The fourth-order valence-electron chi connectivity index (χ4n) is 2.08. The summed E-state index contributed by atoms with van der Waals surface area (Å²) in [5, 5.41) is 3.30. The second-order valence-electron chi connectivity index (χ2n) is 4.15. The molecule has 90 valence electrons. The normalized spacial score (nSPS) is 24.6. The van der Waals surface area contributed by atoms with Gasteiger partial charge in [-0.25, -0.2) is 0 Å². The van der Waals surface area contributed by atoms with Crippen LogP contribution in [0.25, 0.3) is 0 Å². The summed E-state index contributed by atoms with van der Waals surface area (Å²) in [6.07, 6.45) is 0.233. The summed E-state index contributed by atoms with van der Waals surface area (Å²) in [5.41, 5.74) is 0.687. The number of carbonyl (C=O) groups is 2. The van der Waals surface area contributed by atoms with Crippen molar-refractivity contribution in [2.24, 2.45) is 5.92 Å². The summed E-state index contributed by atoms with van der Waals surface area (Å²) in [7, 11) is 0. The zero-order valence-electron chi connectivity index (χ0n) is 9.17. The Morgan fingerprint density at radius 1 is 1.24 bits per heavy atom. The maximum Gasteiger partial charge on any atom is 0.230 e. The van der Waals surface area contributed by atoms with Crippen LogP contribution in [0.15, 0.2) is 18.2 Å². The van der Waals surface area contributed by atoms with Crippen molar-refractivity contribution in [1.82, 2.24) is 5.32 Å². The van der Waals surface area contributed by atoms with E-state index in [0.717, 1.165) is 0 Å². The van der Waals surface area contributed by atoms with Crippen LogP contribution >= 0.6 is 23.2 Å². The van der Waals surface area contributed by atoms with Gasteiger partial charge in [-0.15, -0.1) is 0 Å². The molecule has 17 heavy (non-hydrogen) atoms. The highest BCUT2D eigenvalue weighted by atomic mass is 35.5. The largest absolute Gasteiger partial charge is 0.296 e. The van der Waals surface area contributed by atoms with Crippen LogP contribution in [0.4, 0.5) is 0 Å². The number of piperidine rings is 1. The molecule has 2 unspecified atom stereocenters. The molecule has 0 aromatic heterocycles. The molecule has 1 aromatic rings. The van der Waals surface area contributed by atoms with E-state index in [1.54, 1.807) is 25.1 Å². The minimum atomic E-state index is -0.315. The fourth-order valence-corrected chi connectivity index (χ4v) is 2.76. The average Bonchev–Trinajstić information content (AvgIpc) is 2.24. The molecule has 3 nitrogen and oxygen atoms in total. The number of nitrogens with one attached hydrogen (secondary N) is 1. The Hall–Kier alpha value is -1.06. The predicted molar refractivity (Wildman–Crippen MR) is 66.1 cm³/mol. The van der Waals surface area contributed by atoms with Crippen LogP contribution in [0.1, 0.15) is 24.8 Å². The maximum absolute atomic E-state index is 11.6. The summed E-state index contributed by atoms with van der Waals surface area (Å²) in [5.74, 6) is -1.13. The first-order chi connectivity index (χ1) is 8.00. The minimum absolute atomic E-state index is 0.233. The number of carbonyl (C=O) groups excluding carboxylic acids is 2. The Morgan fingerprint density at radius 2 is 1.82 bits per heavy atom. The van der Waals surface area contributed by atoms with Crippen LogP contribution in [-0.2, 0) is 9.59 Å². The Kier molecular flexibility index (Phi) is 3.40. The lowest BCUT2D eigenvalue weighted by Gasteiger charge is -2.28. The Morgan fingerprint density at radius 3 is 2.41 bits per heavy atom. The van der Waals surface area contributed by atoms with E-state index in [4.69, 9.17) is 23.2 Å². The molecule has 1 aliphatic heterocycles. The molecule has 2 rings (SSSR count). The van der Waals surface area contributed by atoms with Crippen molar-refractivity contribution < 1.29 is 9.59 Å². The van der Waals surface area contributed by atoms with Crippen molar-refractivity contribution in [3.8, 4) is 0 Å². The van der Waals surface area contributed by atoms with Crippen molar-refractivity contribution in [3.63, 3.8) is 0 Å². The summed E-state index contributed by atoms with van der Waals surface area (Å²) in [4.78, 5) is 23.0. The van der Waals surface area contributed by atoms with Crippen LogP contribution in [0.3, 0.4) is 0 Å². The molecule has 0 radical (unpaired) electrons. The van der Waals surface area contributed by atoms with E-state index in [1.165, 1.54) is 0 Å². The minimum Gasteiger partial charge on any atom is -0.296 e. The Bertz CT molecular complexity index is 467. The van der Waals surface area contributed by atoms with Crippen molar-refractivity contribution in [2.75, 3.05) is 0 Å². The first-order valence-corrected chi connectivity index (χ1v) is 6.04. The molecule has 1 aromatic carbocycles. The molecule has 5 heteroatoms. The Balaban J connectivity index is 2.44. The molecule has 1 heterocycles. The SMILES string of the molecule is CC1C(=O)NC(=O)CC1c1c(Cl)cccc1Cl. The smallest absolute Gasteiger partial charge is 0.230 e. The van der Waals surface area contributed by atoms with Gasteiger partial charge in [0.1, 0.15) is 0 Å². The summed E-state index contributed by atoms with van der Waals surface area (Å²) >= 11 is 12.2. The number of imide groups is 1. The van der Waals surface area contributed by atoms with E-state index in [1.807, 2.05) is 0 Å². The third-order valence-electron chi connectivity index (χ3n) is 3.06. The van der Waals surface area contributed by atoms with Gasteiger partial charge in [0.25, 0.3) is 0 Å². The molecule has 0 aliphatic carbocycles. The van der Waals surface area contributed by atoms with Gasteiger partial charge < -0.3 is 0 Å².